The molecule has 1 aliphatic heterocycles. The van der Waals surface area contributed by atoms with Crippen molar-refractivity contribution in [2.45, 2.75) is 64.8 Å². The molecule has 0 spiro atoms. The van der Waals surface area contributed by atoms with E-state index in [1.165, 1.54) is 69.1 Å². The molecule has 0 amide bonds. The van der Waals surface area contributed by atoms with Crippen molar-refractivity contribution in [3.8, 4) is 0 Å². The van der Waals surface area contributed by atoms with Gasteiger partial charge in [-0.05, 0) is 25.7 Å². The summed E-state index contributed by atoms with van der Waals surface area (Å²) in [6.45, 7) is 9.23. The van der Waals surface area contributed by atoms with Gasteiger partial charge in [-0.1, -0.05) is 20.3 Å². The summed E-state index contributed by atoms with van der Waals surface area (Å²) in [4.78, 5) is 0. The maximum Gasteiger partial charge on any atom is 0.0890 e. The summed E-state index contributed by atoms with van der Waals surface area (Å²) in [7, 11) is 0. The summed E-state index contributed by atoms with van der Waals surface area (Å²) in [5, 5.41) is 0. The van der Waals surface area contributed by atoms with Gasteiger partial charge in [0.05, 0.1) is 25.7 Å². The molecule has 0 atom stereocenters. The molecule has 88 valence electrons. The molecule has 1 saturated carbocycles. The van der Waals surface area contributed by atoms with E-state index in [2.05, 4.69) is 13.8 Å². The Hall–Kier alpha value is -0.0400. The summed E-state index contributed by atoms with van der Waals surface area (Å²) in [5.41, 5.74) is 0. The number of nitrogens with zero attached hydrogens (tertiary/aromatic N) is 1. The van der Waals surface area contributed by atoms with Crippen LogP contribution in [0.4, 0.5) is 0 Å². The van der Waals surface area contributed by atoms with Crippen LogP contribution in [-0.2, 0) is 0 Å². The number of hydrogen-bond acceptors (Lipinski definition) is 0. The Kier molecular flexibility index (Phi) is 3.71. The smallest absolute Gasteiger partial charge is 0.0890 e. The third-order valence-corrected chi connectivity index (χ3v) is 4.53. The van der Waals surface area contributed by atoms with Gasteiger partial charge < -0.3 is 4.48 Å². The Labute approximate surface area is 95.4 Å². The fourth-order valence-corrected chi connectivity index (χ4v) is 4.02. The Balaban J connectivity index is 2.03. The maximum atomic E-state index is 2.40. The van der Waals surface area contributed by atoms with Gasteiger partial charge in [-0.3, -0.25) is 0 Å². The van der Waals surface area contributed by atoms with Crippen molar-refractivity contribution in [2.24, 2.45) is 5.92 Å². The lowest BCUT2D eigenvalue weighted by Gasteiger charge is -2.44. The first-order valence-corrected chi connectivity index (χ1v) is 7.09. The van der Waals surface area contributed by atoms with Crippen molar-refractivity contribution in [1.29, 1.82) is 0 Å². The second-order valence-electron chi connectivity index (χ2n) is 6.24. The maximum absolute atomic E-state index is 2.40. The molecule has 0 aromatic carbocycles. The van der Waals surface area contributed by atoms with Crippen LogP contribution in [0, 0.1) is 5.92 Å². The highest BCUT2D eigenvalue weighted by Crippen LogP contribution is 2.33. The highest BCUT2D eigenvalue weighted by Gasteiger charge is 2.40. The highest BCUT2D eigenvalue weighted by atomic mass is 15.4. The van der Waals surface area contributed by atoms with E-state index in [1.54, 1.807) is 0 Å². The second-order valence-corrected chi connectivity index (χ2v) is 6.24. The van der Waals surface area contributed by atoms with Crippen LogP contribution in [0.25, 0.3) is 0 Å². The van der Waals surface area contributed by atoms with Gasteiger partial charge in [-0.15, -0.1) is 0 Å². The molecule has 15 heavy (non-hydrogen) atoms. The van der Waals surface area contributed by atoms with Gasteiger partial charge in [0.15, 0.2) is 0 Å². The molecular weight excluding hydrogens is 182 g/mol. The zero-order valence-corrected chi connectivity index (χ0v) is 10.7. The molecule has 1 nitrogen and oxygen atoms in total. The Bertz CT molecular complexity index is 186. The second kappa shape index (κ2) is 4.86. The van der Waals surface area contributed by atoms with E-state index in [9.17, 15) is 0 Å². The van der Waals surface area contributed by atoms with Gasteiger partial charge in [0.25, 0.3) is 0 Å². The van der Waals surface area contributed by atoms with Gasteiger partial charge >= 0.3 is 0 Å². The average molecular weight is 210 g/mol. The lowest BCUT2D eigenvalue weighted by molar-refractivity contribution is -0.944. The molecule has 0 unspecified atom stereocenters. The number of likely N-dealkylation sites (tertiary alicyclic amines) is 1. The molecule has 2 fully saturated rings. The summed E-state index contributed by atoms with van der Waals surface area (Å²) in [6.07, 6.45) is 10.5. The predicted molar refractivity (Wildman–Crippen MR) is 65.8 cm³/mol. The molecule has 1 saturated heterocycles. The average Bonchev–Trinajstić information content (AvgIpc) is 2.68. The topological polar surface area (TPSA) is 0 Å². The van der Waals surface area contributed by atoms with E-state index in [1.807, 2.05) is 0 Å². The Morgan fingerprint density at radius 2 is 1.53 bits per heavy atom. The molecule has 0 bridgehead atoms. The fraction of sp³-hybridized carbons (Fsp3) is 1.00. The largest absolute Gasteiger partial charge is 0.321 e. The molecule has 1 aliphatic carbocycles. The first-order valence-electron chi connectivity index (χ1n) is 7.09. The van der Waals surface area contributed by atoms with E-state index in [-0.39, 0.29) is 0 Å². The molecule has 2 rings (SSSR count). The van der Waals surface area contributed by atoms with Crippen LogP contribution in [0.15, 0.2) is 0 Å². The molecular formula is C14H28N+. The highest BCUT2D eigenvalue weighted by molar-refractivity contribution is 4.71. The van der Waals surface area contributed by atoms with Gasteiger partial charge in [0.2, 0.25) is 0 Å². The first kappa shape index (κ1) is 11.4. The third kappa shape index (κ3) is 2.55. The minimum atomic E-state index is 0.880. The minimum Gasteiger partial charge on any atom is -0.321 e. The van der Waals surface area contributed by atoms with Crippen molar-refractivity contribution in [3.63, 3.8) is 0 Å². The van der Waals surface area contributed by atoms with Crippen molar-refractivity contribution in [3.05, 3.63) is 0 Å². The van der Waals surface area contributed by atoms with Crippen LogP contribution < -0.4 is 0 Å². The van der Waals surface area contributed by atoms with E-state index in [4.69, 9.17) is 0 Å². The SMILES string of the molecule is CC(C)C[N+]1(C2CCCCC2)CCCC1. The Morgan fingerprint density at radius 1 is 0.933 bits per heavy atom. The summed E-state index contributed by atoms with van der Waals surface area (Å²) < 4.78 is 1.50. The van der Waals surface area contributed by atoms with Crippen LogP contribution in [0.1, 0.15) is 58.8 Å². The van der Waals surface area contributed by atoms with E-state index in [0.717, 1.165) is 12.0 Å². The zero-order valence-electron chi connectivity index (χ0n) is 10.7. The van der Waals surface area contributed by atoms with Crippen LogP contribution in [0.5, 0.6) is 0 Å². The Morgan fingerprint density at radius 3 is 2.07 bits per heavy atom. The van der Waals surface area contributed by atoms with Crippen molar-refractivity contribution in [1.82, 2.24) is 0 Å². The fourth-order valence-electron chi connectivity index (χ4n) is 4.02. The molecule has 2 aliphatic rings. The van der Waals surface area contributed by atoms with Gasteiger partial charge in [0.1, 0.15) is 0 Å². The molecule has 0 N–H and O–H groups in total. The van der Waals surface area contributed by atoms with Gasteiger partial charge in [-0.2, -0.15) is 0 Å². The summed E-state index contributed by atoms with van der Waals surface area (Å²) in [5.74, 6) is 0.880. The standard InChI is InChI=1S/C14H28N/c1-13(2)12-15(10-6-7-11-15)14-8-4-3-5-9-14/h13-14H,3-12H2,1-2H3/q+1. The van der Waals surface area contributed by atoms with Gasteiger partial charge in [-0.25, -0.2) is 0 Å². The lowest BCUT2D eigenvalue weighted by atomic mass is 9.91. The number of rotatable bonds is 3. The van der Waals surface area contributed by atoms with Crippen LogP contribution >= 0.6 is 0 Å². The first-order chi connectivity index (χ1) is 7.23. The van der Waals surface area contributed by atoms with Crippen molar-refractivity contribution < 1.29 is 4.48 Å². The van der Waals surface area contributed by atoms with E-state index in [0.29, 0.717) is 0 Å². The van der Waals surface area contributed by atoms with E-state index >= 15 is 0 Å². The van der Waals surface area contributed by atoms with Crippen LogP contribution in [0.2, 0.25) is 0 Å². The molecule has 0 aromatic heterocycles. The zero-order chi connectivity index (χ0) is 10.7. The minimum absolute atomic E-state index is 0.880. The number of hydrogen-bond donors (Lipinski definition) is 0. The monoisotopic (exact) mass is 210 g/mol. The third-order valence-electron chi connectivity index (χ3n) is 4.53. The van der Waals surface area contributed by atoms with Crippen LogP contribution in [-0.4, -0.2) is 30.2 Å². The summed E-state index contributed by atoms with van der Waals surface area (Å²) in [6, 6.07) is 1.03. The van der Waals surface area contributed by atoms with Gasteiger partial charge in [0, 0.05) is 18.8 Å². The van der Waals surface area contributed by atoms with E-state index < -0.39 is 0 Å². The quantitative estimate of drug-likeness (QED) is 0.625. The molecule has 0 aromatic rings. The van der Waals surface area contributed by atoms with Crippen molar-refractivity contribution >= 4 is 0 Å². The summed E-state index contributed by atoms with van der Waals surface area (Å²) >= 11 is 0. The molecule has 1 heteroatoms. The number of quaternary nitrogens is 1. The van der Waals surface area contributed by atoms with Crippen LogP contribution in [0.3, 0.4) is 0 Å². The molecule has 0 radical (unpaired) electrons. The van der Waals surface area contributed by atoms with Crippen molar-refractivity contribution in [2.75, 3.05) is 19.6 Å². The normalized spacial score (nSPS) is 27.4. The lowest BCUT2D eigenvalue weighted by Crippen LogP contribution is -2.55. The predicted octanol–water partition coefficient (Wildman–Crippen LogP) is 3.59. The molecule has 1 heterocycles.